The summed E-state index contributed by atoms with van der Waals surface area (Å²) >= 11 is 1.24. The zero-order chi connectivity index (χ0) is 16.9. The van der Waals surface area contributed by atoms with Crippen molar-refractivity contribution in [1.82, 2.24) is 5.32 Å². The summed E-state index contributed by atoms with van der Waals surface area (Å²) in [6, 6.07) is 4.90. The van der Waals surface area contributed by atoms with Crippen molar-refractivity contribution in [2.24, 2.45) is 10.2 Å². The van der Waals surface area contributed by atoms with Crippen molar-refractivity contribution in [3.8, 4) is 0 Å². The molecule has 1 aromatic rings. The molecule has 3 rings (SSSR count). The summed E-state index contributed by atoms with van der Waals surface area (Å²) in [4.78, 5) is 23.9. The third-order valence-electron chi connectivity index (χ3n) is 3.52. The molecule has 0 spiro atoms. The average Bonchev–Trinajstić information content (AvgIpc) is 3.01. The molecule has 0 atom stereocenters. The number of carbonyl (C=O) groups excluding carboxylic acids is 1. The van der Waals surface area contributed by atoms with Gasteiger partial charge in [-0.1, -0.05) is 11.8 Å². The van der Waals surface area contributed by atoms with E-state index in [1.165, 1.54) is 24.0 Å². The Kier molecular flexibility index (Phi) is 5.06. The van der Waals surface area contributed by atoms with Crippen molar-refractivity contribution in [3.05, 3.63) is 33.9 Å². The number of hydrogen-bond donors (Lipinski definition) is 1. The van der Waals surface area contributed by atoms with Crippen molar-refractivity contribution in [2.45, 2.75) is 0 Å². The van der Waals surface area contributed by atoms with Crippen LogP contribution in [0.4, 0.5) is 11.4 Å². The van der Waals surface area contributed by atoms with Crippen molar-refractivity contribution < 1.29 is 14.5 Å². The number of nitro benzene ring substituents is 1. The van der Waals surface area contributed by atoms with E-state index in [9.17, 15) is 14.9 Å². The lowest BCUT2D eigenvalue weighted by atomic mass is 10.1. The molecular weight excluding hydrogens is 334 g/mol. The van der Waals surface area contributed by atoms with Crippen molar-refractivity contribution in [3.63, 3.8) is 0 Å². The fourth-order valence-corrected chi connectivity index (χ4v) is 2.98. The van der Waals surface area contributed by atoms with Gasteiger partial charge in [-0.3, -0.25) is 14.9 Å². The molecule has 2 heterocycles. The van der Waals surface area contributed by atoms with Gasteiger partial charge in [-0.15, -0.1) is 5.10 Å². The lowest BCUT2D eigenvalue weighted by molar-refractivity contribution is -0.385. The van der Waals surface area contributed by atoms with Crippen LogP contribution < -0.4 is 10.2 Å². The molecule has 0 aromatic heterocycles. The maximum atomic E-state index is 11.2. The first-order valence-electron chi connectivity index (χ1n) is 7.28. The molecule has 2 aliphatic rings. The Morgan fingerprint density at radius 1 is 1.38 bits per heavy atom. The molecule has 0 aliphatic carbocycles. The van der Waals surface area contributed by atoms with Gasteiger partial charge < -0.3 is 15.0 Å². The molecular formula is C14H15N5O4S. The number of anilines is 1. The molecule has 24 heavy (non-hydrogen) atoms. The van der Waals surface area contributed by atoms with Crippen LogP contribution in [0.3, 0.4) is 0 Å². The van der Waals surface area contributed by atoms with Gasteiger partial charge in [-0.05, 0) is 12.1 Å². The zero-order valence-corrected chi connectivity index (χ0v) is 13.5. The Bertz CT molecular complexity index is 715. The van der Waals surface area contributed by atoms with Gasteiger partial charge in [0.25, 0.3) is 5.69 Å². The molecule has 0 unspecified atom stereocenters. The van der Waals surface area contributed by atoms with E-state index in [2.05, 4.69) is 20.4 Å². The maximum Gasteiger partial charge on any atom is 0.278 e. The van der Waals surface area contributed by atoms with Crippen molar-refractivity contribution in [2.75, 3.05) is 37.0 Å². The standard InChI is InChI=1S/C14H15N5O4S/c20-13-9-24-14(16-13)17-15-8-10-7-11(1-2-12(10)19(21)22)18-3-5-23-6-4-18/h1-2,7-8H,3-6,9H2,(H,16,17,20). The number of amides is 1. The number of thioether (sulfide) groups is 1. The van der Waals surface area contributed by atoms with Gasteiger partial charge >= 0.3 is 0 Å². The maximum absolute atomic E-state index is 11.2. The molecule has 1 aromatic carbocycles. The highest BCUT2D eigenvalue weighted by atomic mass is 32.2. The molecule has 0 radical (unpaired) electrons. The number of nitrogens with zero attached hydrogens (tertiary/aromatic N) is 4. The number of rotatable bonds is 4. The van der Waals surface area contributed by atoms with E-state index in [1.54, 1.807) is 12.1 Å². The number of morpholine rings is 1. The smallest absolute Gasteiger partial charge is 0.278 e. The highest BCUT2D eigenvalue weighted by Crippen LogP contribution is 2.24. The van der Waals surface area contributed by atoms with Crippen LogP contribution >= 0.6 is 11.8 Å². The normalized spacial score (nSPS) is 19.9. The van der Waals surface area contributed by atoms with E-state index in [1.807, 2.05) is 0 Å². The topological polar surface area (TPSA) is 109 Å². The second kappa shape index (κ2) is 7.41. The number of carbonyl (C=O) groups is 1. The van der Waals surface area contributed by atoms with E-state index in [4.69, 9.17) is 4.74 Å². The molecule has 0 bridgehead atoms. The molecule has 1 amide bonds. The summed E-state index contributed by atoms with van der Waals surface area (Å²) < 4.78 is 5.31. The summed E-state index contributed by atoms with van der Waals surface area (Å²) in [5.74, 6) is 0.176. The SMILES string of the molecule is O=C1CSC(=NN=Cc2cc(N3CCOCC3)ccc2[N+](=O)[O-])N1. The average molecular weight is 349 g/mol. The summed E-state index contributed by atoms with van der Waals surface area (Å²) in [6.45, 7) is 2.73. The minimum atomic E-state index is -0.455. The number of hydrogen-bond acceptors (Lipinski definition) is 8. The van der Waals surface area contributed by atoms with E-state index < -0.39 is 4.92 Å². The van der Waals surface area contributed by atoms with Gasteiger partial charge in [0.05, 0.1) is 35.7 Å². The summed E-state index contributed by atoms with van der Waals surface area (Å²) in [5, 5.41) is 21.9. The Morgan fingerprint density at radius 2 is 2.17 bits per heavy atom. The van der Waals surface area contributed by atoms with Crippen LogP contribution in [0.5, 0.6) is 0 Å². The lowest BCUT2D eigenvalue weighted by Gasteiger charge is -2.28. The van der Waals surface area contributed by atoms with Gasteiger partial charge in [-0.2, -0.15) is 5.10 Å². The Labute approximate surface area is 141 Å². The van der Waals surface area contributed by atoms with Gasteiger partial charge in [0.15, 0.2) is 5.17 Å². The lowest BCUT2D eigenvalue weighted by Crippen LogP contribution is -2.36. The minimum absolute atomic E-state index is 0.0425. The Morgan fingerprint density at radius 3 is 2.83 bits per heavy atom. The third kappa shape index (κ3) is 3.89. The van der Waals surface area contributed by atoms with Gasteiger partial charge in [0.2, 0.25) is 5.91 Å². The van der Waals surface area contributed by atoms with Crippen molar-refractivity contribution >= 4 is 40.4 Å². The Balaban J connectivity index is 1.83. The van der Waals surface area contributed by atoms with Crippen LogP contribution in [0.25, 0.3) is 0 Å². The zero-order valence-electron chi connectivity index (χ0n) is 12.7. The predicted octanol–water partition coefficient (Wildman–Crippen LogP) is 0.984. The first kappa shape index (κ1) is 16.4. The van der Waals surface area contributed by atoms with Crippen LogP contribution in [-0.2, 0) is 9.53 Å². The third-order valence-corrected chi connectivity index (χ3v) is 4.38. The monoisotopic (exact) mass is 349 g/mol. The van der Waals surface area contributed by atoms with E-state index in [0.717, 1.165) is 18.8 Å². The van der Waals surface area contributed by atoms with Crippen LogP contribution in [0.2, 0.25) is 0 Å². The first-order valence-corrected chi connectivity index (χ1v) is 8.27. The molecule has 1 N–H and O–H groups in total. The second-order valence-electron chi connectivity index (χ2n) is 5.09. The van der Waals surface area contributed by atoms with E-state index in [-0.39, 0.29) is 11.6 Å². The molecule has 10 heteroatoms. The van der Waals surface area contributed by atoms with Crippen LogP contribution in [0, 0.1) is 10.1 Å². The molecule has 126 valence electrons. The van der Waals surface area contributed by atoms with Gasteiger partial charge in [0.1, 0.15) is 0 Å². The number of nitrogens with one attached hydrogen (secondary N) is 1. The summed E-state index contributed by atoms with van der Waals surface area (Å²) in [7, 11) is 0. The summed E-state index contributed by atoms with van der Waals surface area (Å²) in [6.07, 6.45) is 1.33. The molecule has 0 saturated carbocycles. The Hall–Kier alpha value is -2.46. The van der Waals surface area contributed by atoms with Gasteiger partial charge in [0, 0.05) is 24.8 Å². The highest BCUT2D eigenvalue weighted by molar-refractivity contribution is 8.15. The number of nitro groups is 1. The molecule has 2 aliphatic heterocycles. The fraction of sp³-hybridized carbons (Fsp3) is 0.357. The van der Waals surface area contributed by atoms with Crippen LogP contribution in [0.15, 0.2) is 28.4 Å². The largest absolute Gasteiger partial charge is 0.378 e. The van der Waals surface area contributed by atoms with Crippen molar-refractivity contribution in [1.29, 1.82) is 0 Å². The number of benzene rings is 1. The molecule has 2 saturated heterocycles. The molecule has 2 fully saturated rings. The second-order valence-corrected chi connectivity index (χ2v) is 6.05. The highest BCUT2D eigenvalue weighted by Gasteiger charge is 2.18. The predicted molar refractivity (Wildman–Crippen MR) is 91.8 cm³/mol. The minimum Gasteiger partial charge on any atom is -0.378 e. The number of amidine groups is 1. The van der Waals surface area contributed by atoms with Gasteiger partial charge in [-0.25, -0.2) is 0 Å². The quantitative estimate of drug-likeness (QED) is 0.493. The fourth-order valence-electron chi connectivity index (χ4n) is 2.35. The first-order chi connectivity index (χ1) is 11.6. The van der Waals surface area contributed by atoms with E-state index in [0.29, 0.717) is 29.7 Å². The summed E-state index contributed by atoms with van der Waals surface area (Å²) in [5.41, 5.74) is 1.20. The van der Waals surface area contributed by atoms with Crippen LogP contribution in [-0.4, -0.2) is 54.3 Å². The van der Waals surface area contributed by atoms with Crippen LogP contribution in [0.1, 0.15) is 5.56 Å². The molecule has 9 nitrogen and oxygen atoms in total. The number of ether oxygens (including phenoxy) is 1. The van der Waals surface area contributed by atoms with E-state index >= 15 is 0 Å².